The molecule has 1 aliphatic heterocycles. The third kappa shape index (κ3) is 3.62. The van der Waals surface area contributed by atoms with Gasteiger partial charge in [0, 0.05) is 31.8 Å². The van der Waals surface area contributed by atoms with E-state index in [-0.39, 0.29) is 18.6 Å². The number of amides is 1. The lowest BCUT2D eigenvalue weighted by molar-refractivity contribution is 0.0448. The topological polar surface area (TPSA) is 67.6 Å². The molecule has 0 spiro atoms. The summed E-state index contributed by atoms with van der Waals surface area (Å²) in [6, 6.07) is 5.68. The van der Waals surface area contributed by atoms with Gasteiger partial charge in [-0.2, -0.15) is 0 Å². The van der Waals surface area contributed by atoms with Crippen LogP contribution in [0.2, 0.25) is 0 Å². The Hall–Kier alpha value is -1.92. The van der Waals surface area contributed by atoms with Gasteiger partial charge in [0.2, 0.25) is 0 Å². The third-order valence-electron chi connectivity index (χ3n) is 5.65. The van der Waals surface area contributed by atoms with Gasteiger partial charge in [0.1, 0.15) is 0 Å². The fourth-order valence-corrected chi connectivity index (χ4v) is 3.93. The van der Waals surface area contributed by atoms with Gasteiger partial charge >= 0.3 is 0 Å². The minimum absolute atomic E-state index is 0.0721. The van der Waals surface area contributed by atoms with E-state index in [0.717, 1.165) is 37.0 Å². The number of hydrogen-bond acceptors (Lipinski definition) is 4. The smallest absolute Gasteiger partial charge is 0.254 e. The lowest BCUT2D eigenvalue weighted by atomic mass is 9.85. The second kappa shape index (κ2) is 7.76. The van der Waals surface area contributed by atoms with E-state index < -0.39 is 0 Å². The predicted octanol–water partition coefficient (Wildman–Crippen LogP) is 2.45. The fraction of sp³-hybridized carbons (Fsp3) is 0.600. The Morgan fingerprint density at radius 2 is 2.15 bits per heavy atom. The summed E-state index contributed by atoms with van der Waals surface area (Å²) in [6.07, 6.45) is 7.74. The molecule has 0 unspecified atom stereocenters. The van der Waals surface area contributed by atoms with E-state index in [9.17, 15) is 4.79 Å². The van der Waals surface area contributed by atoms with Gasteiger partial charge < -0.3 is 19.3 Å². The molecule has 26 heavy (non-hydrogen) atoms. The average Bonchev–Trinajstić information content (AvgIpc) is 3.26. The Kier molecular flexibility index (Phi) is 5.22. The number of benzene rings is 1. The number of hydrogen-bond donors (Lipinski definition) is 1. The van der Waals surface area contributed by atoms with E-state index >= 15 is 0 Å². The zero-order valence-electron chi connectivity index (χ0n) is 15.1. The highest BCUT2D eigenvalue weighted by Crippen LogP contribution is 2.28. The number of aliphatic hydroxyl groups excluding tert-OH is 1. The summed E-state index contributed by atoms with van der Waals surface area (Å²) in [7, 11) is 0. The van der Waals surface area contributed by atoms with Crippen LogP contribution in [0, 0.1) is 5.92 Å². The first-order valence-corrected chi connectivity index (χ1v) is 9.71. The normalized spacial score (nSPS) is 20.4. The highest BCUT2D eigenvalue weighted by atomic mass is 16.5. The number of nitrogens with zero attached hydrogens (tertiary/aromatic N) is 3. The summed E-state index contributed by atoms with van der Waals surface area (Å²) in [6.45, 7) is 2.91. The molecular formula is C20H27N3O3. The summed E-state index contributed by atoms with van der Waals surface area (Å²) in [5.74, 6) is 0.707. The van der Waals surface area contributed by atoms with Crippen LogP contribution in [0.15, 0.2) is 24.5 Å². The number of carbonyl (C=O) groups excluding carboxylic acids is 1. The molecule has 1 amide bonds. The van der Waals surface area contributed by atoms with Crippen LogP contribution >= 0.6 is 0 Å². The van der Waals surface area contributed by atoms with Crippen molar-refractivity contribution < 1.29 is 14.6 Å². The molecular weight excluding hydrogens is 330 g/mol. The van der Waals surface area contributed by atoms with Crippen LogP contribution < -0.4 is 0 Å². The zero-order valence-corrected chi connectivity index (χ0v) is 15.1. The largest absolute Gasteiger partial charge is 0.395 e. The molecule has 0 radical (unpaired) electrons. The molecule has 0 bridgehead atoms. The summed E-state index contributed by atoms with van der Waals surface area (Å²) < 4.78 is 7.67. The molecule has 1 N–H and O–H groups in total. The number of fused-ring (bicyclic) bond motifs is 1. The first-order chi connectivity index (χ1) is 12.7. The van der Waals surface area contributed by atoms with Crippen molar-refractivity contribution in [3.05, 3.63) is 30.1 Å². The predicted molar refractivity (Wildman–Crippen MR) is 99.0 cm³/mol. The van der Waals surface area contributed by atoms with Crippen LogP contribution in [0.1, 0.15) is 42.5 Å². The van der Waals surface area contributed by atoms with Gasteiger partial charge in [0.15, 0.2) is 0 Å². The highest BCUT2D eigenvalue weighted by molar-refractivity contribution is 5.97. The Morgan fingerprint density at radius 1 is 1.27 bits per heavy atom. The second-order valence-electron chi connectivity index (χ2n) is 7.51. The Bertz CT molecular complexity index is 763. The molecule has 1 aromatic heterocycles. The standard InChI is InChI=1S/C20H27N3O3/c24-9-8-22-14-21-18-11-16(6-7-19(18)22)20(25)23(12-15-3-1-4-15)13-17-5-2-10-26-17/h6-7,11,14-15,17,24H,1-5,8-10,12-13H2/t17-/m0/s1. The van der Waals surface area contributed by atoms with E-state index in [1.807, 2.05) is 27.7 Å². The van der Waals surface area contributed by atoms with Crippen molar-refractivity contribution in [1.82, 2.24) is 14.5 Å². The molecule has 2 heterocycles. The van der Waals surface area contributed by atoms with Gasteiger partial charge in [-0.3, -0.25) is 4.79 Å². The van der Waals surface area contributed by atoms with Crippen LogP contribution in [0.3, 0.4) is 0 Å². The summed E-state index contributed by atoms with van der Waals surface area (Å²) in [5.41, 5.74) is 2.43. The van der Waals surface area contributed by atoms with Gasteiger partial charge in [0.25, 0.3) is 5.91 Å². The van der Waals surface area contributed by atoms with Crippen molar-refractivity contribution in [3.63, 3.8) is 0 Å². The van der Waals surface area contributed by atoms with Crippen molar-refractivity contribution in [3.8, 4) is 0 Å². The van der Waals surface area contributed by atoms with Crippen molar-refractivity contribution in [2.75, 3.05) is 26.3 Å². The Morgan fingerprint density at radius 3 is 2.85 bits per heavy atom. The van der Waals surface area contributed by atoms with Crippen LogP contribution in [-0.4, -0.2) is 57.9 Å². The molecule has 140 valence electrons. The summed E-state index contributed by atoms with van der Waals surface area (Å²) in [4.78, 5) is 19.6. The quantitative estimate of drug-likeness (QED) is 0.826. The first kappa shape index (κ1) is 17.5. The maximum Gasteiger partial charge on any atom is 0.254 e. The first-order valence-electron chi connectivity index (χ1n) is 9.71. The average molecular weight is 357 g/mol. The lowest BCUT2D eigenvalue weighted by Crippen LogP contribution is -2.41. The second-order valence-corrected chi connectivity index (χ2v) is 7.51. The molecule has 2 aliphatic rings. The minimum Gasteiger partial charge on any atom is -0.395 e. The van der Waals surface area contributed by atoms with E-state index in [1.165, 1.54) is 19.3 Å². The fourth-order valence-electron chi connectivity index (χ4n) is 3.93. The van der Waals surface area contributed by atoms with Crippen LogP contribution in [0.4, 0.5) is 0 Å². The van der Waals surface area contributed by atoms with E-state index in [1.54, 1.807) is 6.33 Å². The molecule has 1 aromatic carbocycles. The molecule has 6 nitrogen and oxygen atoms in total. The van der Waals surface area contributed by atoms with Crippen molar-refractivity contribution in [2.24, 2.45) is 5.92 Å². The zero-order chi connectivity index (χ0) is 17.9. The third-order valence-corrected chi connectivity index (χ3v) is 5.65. The summed E-state index contributed by atoms with van der Waals surface area (Å²) in [5, 5.41) is 9.14. The monoisotopic (exact) mass is 357 g/mol. The number of aromatic nitrogens is 2. The Balaban J connectivity index is 1.54. The van der Waals surface area contributed by atoms with Gasteiger partial charge in [-0.05, 0) is 49.8 Å². The maximum atomic E-state index is 13.2. The summed E-state index contributed by atoms with van der Waals surface area (Å²) >= 11 is 0. The van der Waals surface area contributed by atoms with E-state index in [2.05, 4.69) is 4.98 Å². The molecule has 6 heteroatoms. The molecule has 2 fully saturated rings. The van der Waals surface area contributed by atoms with E-state index in [4.69, 9.17) is 9.84 Å². The molecule has 1 saturated heterocycles. The van der Waals surface area contributed by atoms with Crippen LogP contribution in [0.25, 0.3) is 11.0 Å². The van der Waals surface area contributed by atoms with Crippen LogP contribution in [0.5, 0.6) is 0 Å². The number of aliphatic hydroxyl groups is 1. The number of imidazole rings is 1. The maximum absolute atomic E-state index is 13.2. The number of carbonyl (C=O) groups is 1. The van der Waals surface area contributed by atoms with Crippen molar-refractivity contribution in [2.45, 2.75) is 44.8 Å². The molecule has 4 rings (SSSR count). The van der Waals surface area contributed by atoms with Gasteiger partial charge in [-0.1, -0.05) is 6.42 Å². The van der Waals surface area contributed by atoms with Gasteiger partial charge in [-0.15, -0.1) is 0 Å². The molecule has 1 atom stereocenters. The lowest BCUT2D eigenvalue weighted by Gasteiger charge is -2.33. The molecule has 1 saturated carbocycles. The van der Waals surface area contributed by atoms with E-state index in [0.29, 0.717) is 24.6 Å². The highest BCUT2D eigenvalue weighted by Gasteiger charge is 2.28. The van der Waals surface area contributed by atoms with Crippen molar-refractivity contribution >= 4 is 16.9 Å². The van der Waals surface area contributed by atoms with Crippen LogP contribution in [-0.2, 0) is 11.3 Å². The Labute approximate surface area is 153 Å². The molecule has 2 aromatic rings. The van der Waals surface area contributed by atoms with Gasteiger partial charge in [0.05, 0.1) is 30.1 Å². The van der Waals surface area contributed by atoms with Crippen molar-refractivity contribution in [1.29, 1.82) is 0 Å². The number of ether oxygens (including phenoxy) is 1. The molecule has 1 aliphatic carbocycles. The SMILES string of the molecule is O=C(c1ccc2c(c1)ncn2CCO)N(CC1CCC1)C[C@@H]1CCCO1. The minimum atomic E-state index is 0.0721. The van der Waals surface area contributed by atoms with Gasteiger partial charge in [-0.25, -0.2) is 4.98 Å². The number of rotatable bonds is 7.